The molecular formula is C16H23N3O3S. The first-order chi connectivity index (χ1) is 10.8. The summed E-state index contributed by atoms with van der Waals surface area (Å²) in [5.41, 5.74) is 1.66. The molecule has 0 saturated carbocycles. The number of hydrogen-bond acceptors (Lipinski definition) is 5. The maximum absolute atomic E-state index is 12.3. The van der Waals surface area contributed by atoms with Gasteiger partial charge in [0, 0.05) is 6.54 Å². The normalized spacial score (nSPS) is 13.4. The zero-order valence-electron chi connectivity index (χ0n) is 13.7. The molecule has 0 aliphatic rings. The van der Waals surface area contributed by atoms with Crippen LogP contribution in [0, 0.1) is 12.8 Å². The monoisotopic (exact) mass is 337 g/mol. The summed E-state index contributed by atoms with van der Waals surface area (Å²) in [4.78, 5) is 4.04. The van der Waals surface area contributed by atoms with Crippen molar-refractivity contribution in [2.75, 3.05) is 5.75 Å². The molecule has 0 amide bonds. The first-order valence-electron chi connectivity index (χ1n) is 7.58. The lowest BCUT2D eigenvalue weighted by Crippen LogP contribution is -2.19. The van der Waals surface area contributed by atoms with Gasteiger partial charge in [0.25, 0.3) is 0 Å². The van der Waals surface area contributed by atoms with E-state index in [4.69, 9.17) is 0 Å². The van der Waals surface area contributed by atoms with Gasteiger partial charge < -0.3 is 5.11 Å². The van der Waals surface area contributed by atoms with Crippen molar-refractivity contribution in [2.24, 2.45) is 5.92 Å². The molecule has 1 atom stereocenters. The van der Waals surface area contributed by atoms with Gasteiger partial charge in [-0.15, -0.1) is 0 Å². The van der Waals surface area contributed by atoms with Crippen LogP contribution in [-0.2, 0) is 22.1 Å². The summed E-state index contributed by atoms with van der Waals surface area (Å²) >= 11 is 0. The smallest absolute Gasteiger partial charge is 0.160 e. The van der Waals surface area contributed by atoms with Gasteiger partial charge >= 0.3 is 0 Å². The van der Waals surface area contributed by atoms with Crippen LogP contribution in [0.3, 0.4) is 0 Å². The van der Waals surface area contributed by atoms with E-state index in [0.29, 0.717) is 23.9 Å². The average molecular weight is 337 g/mol. The number of hydrogen-bond donors (Lipinski definition) is 1. The molecule has 0 fully saturated rings. The van der Waals surface area contributed by atoms with Crippen LogP contribution >= 0.6 is 0 Å². The van der Waals surface area contributed by atoms with Gasteiger partial charge in [-0.05, 0) is 18.4 Å². The molecule has 0 aliphatic heterocycles. The third-order valence-electron chi connectivity index (χ3n) is 3.46. The molecule has 0 saturated heterocycles. The van der Waals surface area contributed by atoms with Crippen LogP contribution in [0.5, 0.6) is 0 Å². The topological polar surface area (TPSA) is 85.1 Å². The fourth-order valence-corrected chi connectivity index (χ4v) is 3.69. The Morgan fingerprint density at radius 3 is 2.48 bits per heavy atom. The van der Waals surface area contributed by atoms with Crippen LogP contribution in [-0.4, -0.2) is 34.0 Å². The maximum Gasteiger partial charge on any atom is 0.160 e. The molecule has 6 nitrogen and oxygen atoms in total. The molecule has 1 heterocycles. The Hall–Kier alpha value is -1.73. The summed E-state index contributed by atoms with van der Waals surface area (Å²) in [6, 6.07) is 7.20. The Kier molecular flexibility index (Phi) is 5.54. The number of aromatic nitrogens is 3. The van der Waals surface area contributed by atoms with Gasteiger partial charge in [0.05, 0.1) is 11.9 Å². The molecule has 1 aromatic heterocycles. The van der Waals surface area contributed by atoms with Crippen LogP contribution in [0.25, 0.3) is 0 Å². The second-order valence-electron chi connectivity index (χ2n) is 6.23. The van der Waals surface area contributed by atoms with Crippen molar-refractivity contribution in [1.29, 1.82) is 0 Å². The van der Waals surface area contributed by atoms with Crippen molar-refractivity contribution >= 4 is 9.84 Å². The quantitative estimate of drug-likeness (QED) is 0.834. The average Bonchev–Trinajstić information content (AvgIpc) is 2.84. The highest BCUT2D eigenvalue weighted by Crippen LogP contribution is 2.17. The number of aliphatic hydroxyl groups excluding tert-OH is 1. The summed E-state index contributed by atoms with van der Waals surface area (Å²) in [6.07, 6.45) is 0.325. The van der Waals surface area contributed by atoms with Gasteiger partial charge in [-0.25, -0.2) is 18.1 Å². The molecule has 0 bridgehead atoms. The van der Waals surface area contributed by atoms with Gasteiger partial charge in [-0.3, -0.25) is 0 Å². The number of aliphatic hydroxyl groups is 1. The molecule has 0 radical (unpaired) electrons. The highest BCUT2D eigenvalue weighted by atomic mass is 32.2. The van der Waals surface area contributed by atoms with Gasteiger partial charge in [0.2, 0.25) is 0 Å². The second-order valence-corrected chi connectivity index (χ2v) is 8.34. The fraction of sp³-hybridized carbons (Fsp3) is 0.500. The summed E-state index contributed by atoms with van der Waals surface area (Å²) in [6.45, 7) is 6.61. The zero-order chi connectivity index (χ0) is 17.0. The van der Waals surface area contributed by atoms with E-state index in [0.717, 1.165) is 5.56 Å². The SMILES string of the molecule is Cc1ccc(C(O)CS(=O)(=O)Cc2ncnn2CC(C)C)cc1. The van der Waals surface area contributed by atoms with E-state index in [1.165, 1.54) is 6.33 Å². The maximum atomic E-state index is 12.3. The summed E-state index contributed by atoms with van der Waals surface area (Å²) in [5, 5.41) is 14.2. The third-order valence-corrected chi connectivity index (χ3v) is 4.98. The predicted octanol–water partition coefficient (Wildman–Crippen LogP) is 1.89. The molecule has 2 aromatic rings. The van der Waals surface area contributed by atoms with E-state index in [9.17, 15) is 13.5 Å². The molecule has 1 N–H and O–H groups in total. The van der Waals surface area contributed by atoms with Crippen LogP contribution < -0.4 is 0 Å². The first-order valence-corrected chi connectivity index (χ1v) is 9.40. The number of aryl methyl sites for hydroxylation is 1. The predicted molar refractivity (Wildman–Crippen MR) is 88.5 cm³/mol. The Labute approximate surface area is 137 Å². The molecule has 1 unspecified atom stereocenters. The third kappa shape index (κ3) is 5.14. The Bertz CT molecular complexity index is 736. The van der Waals surface area contributed by atoms with E-state index in [1.54, 1.807) is 16.8 Å². The van der Waals surface area contributed by atoms with Crippen molar-refractivity contribution in [3.05, 3.63) is 47.5 Å². The van der Waals surface area contributed by atoms with Crippen LogP contribution in [0.1, 0.15) is 36.9 Å². The van der Waals surface area contributed by atoms with Gasteiger partial charge in [0.15, 0.2) is 9.84 Å². The Morgan fingerprint density at radius 1 is 1.22 bits per heavy atom. The minimum absolute atomic E-state index is 0.220. The minimum atomic E-state index is -3.49. The van der Waals surface area contributed by atoms with E-state index in [-0.39, 0.29) is 11.5 Å². The van der Waals surface area contributed by atoms with E-state index in [1.807, 2.05) is 32.9 Å². The molecule has 0 spiro atoms. The van der Waals surface area contributed by atoms with Crippen LogP contribution in [0.15, 0.2) is 30.6 Å². The van der Waals surface area contributed by atoms with Crippen LogP contribution in [0.4, 0.5) is 0 Å². The highest BCUT2D eigenvalue weighted by molar-refractivity contribution is 7.90. The number of sulfone groups is 1. The van der Waals surface area contributed by atoms with Crippen molar-refractivity contribution in [3.8, 4) is 0 Å². The van der Waals surface area contributed by atoms with E-state index >= 15 is 0 Å². The summed E-state index contributed by atoms with van der Waals surface area (Å²) in [5.74, 6) is 0.207. The standard InChI is InChI=1S/C16H23N3O3S/c1-12(2)8-19-16(17-11-18-19)10-23(21,22)9-15(20)14-6-4-13(3)5-7-14/h4-7,11-12,15,20H,8-10H2,1-3H3. The van der Waals surface area contributed by atoms with E-state index in [2.05, 4.69) is 10.1 Å². The van der Waals surface area contributed by atoms with Gasteiger partial charge in [-0.2, -0.15) is 5.10 Å². The second kappa shape index (κ2) is 7.23. The number of nitrogens with zero attached hydrogens (tertiary/aromatic N) is 3. The molecule has 1 aromatic carbocycles. The van der Waals surface area contributed by atoms with Gasteiger partial charge in [-0.1, -0.05) is 43.7 Å². The molecular weight excluding hydrogens is 314 g/mol. The highest BCUT2D eigenvalue weighted by Gasteiger charge is 2.22. The lowest BCUT2D eigenvalue weighted by atomic mass is 10.1. The molecule has 23 heavy (non-hydrogen) atoms. The lowest BCUT2D eigenvalue weighted by molar-refractivity contribution is 0.201. The van der Waals surface area contributed by atoms with Crippen molar-refractivity contribution in [3.63, 3.8) is 0 Å². The van der Waals surface area contributed by atoms with Crippen molar-refractivity contribution in [1.82, 2.24) is 14.8 Å². The van der Waals surface area contributed by atoms with Crippen molar-refractivity contribution in [2.45, 2.75) is 39.2 Å². The Balaban J connectivity index is 2.07. The van der Waals surface area contributed by atoms with E-state index < -0.39 is 15.9 Å². The Morgan fingerprint density at radius 2 is 1.87 bits per heavy atom. The van der Waals surface area contributed by atoms with Crippen LogP contribution in [0.2, 0.25) is 0 Å². The summed E-state index contributed by atoms with van der Waals surface area (Å²) in [7, 11) is -3.49. The molecule has 7 heteroatoms. The van der Waals surface area contributed by atoms with Crippen molar-refractivity contribution < 1.29 is 13.5 Å². The van der Waals surface area contributed by atoms with Gasteiger partial charge in [0.1, 0.15) is 17.9 Å². The lowest BCUT2D eigenvalue weighted by Gasteiger charge is -2.13. The minimum Gasteiger partial charge on any atom is -0.387 e. The molecule has 126 valence electrons. The zero-order valence-corrected chi connectivity index (χ0v) is 14.5. The largest absolute Gasteiger partial charge is 0.387 e. The fourth-order valence-electron chi connectivity index (χ4n) is 2.28. The molecule has 0 aliphatic carbocycles. The summed E-state index contributed by atoms with van der Waals surface area (Å²) < 4.78 is 26.3. The molecule has 2 rings (SSSR count). The number of benzene rings is 1. The first kappa shape index (κ1) is 17.6. The number of rotatable bonds is 7.